The molecule has 0 radical (unpaired) electrons. The van der Waals surface area contributed by atoms with E-state index < -0.39 is 5.41 Å². The molecule has 1 heterocycles. The summed E-state index contributed by atoms with van der Waals surface area (Å²) in [5, 5.41) is 3.31. The zero-order chi connectivity index (χ0) is 14.0. The minimum atomic E-state index is -0.715. The topological polar surface area (TPSA) is 73.6 Å². The maximum absolute atomic E-state index is 12.3. The molecule has 3 N–H and O–H groups in total. The predicted octanol–water partition coefficient (Wildman–Crippen LogP) is 1.65. The van der Waals surface area contributed by atoms with Crippen molar-refractivity contribution in [1.82, 2.24) is 0 Å². The van der Waals surface area contributed by atoms with Crippen molar-refractivity contribution >= 4 is 23.2 Å². The Labute approximate surface area is 117 Å². The van der Waals surface area contributed by atoms with E-state index in [0.29, 0.717) is 29.7 Å². The predicted molar refractivity (Wildman–Crippen MR) is 73.5 cm³/mol. The highest BCUT2D eigenvalue weighted by Crippen LogP contribution is 2.31. The average molecular weight is 285 g/mol. The van der Waals surface area contributed by atoms with Gasteiger partial charge in [0.1, 0.15) is 5.75 Å². The van der Waals surface area contributed by atoms with Gasteiger partial charge in [-0.1, -0.05) is 11.6 Å². The second kappa shape index (κ2) is 5.36. The maximum atomic E-state index is 12.3. The Morgan fingerprint density at radius 3 is 2.95 bits per heavy atom. The molecule has 0 spiro atoms. The molecule has 104 valence electrons. The molecule has 5 nitrogen and oxygen atoms in total. The van der Waals surface area contributed by atoms with Crippen molar-refractivity contribution in [3.63, 3.8) is 0 Å². The molecule has 6 heteroatoms. The van der Waals surface area contributed by atoms with E-state index >= 15 is 0 Å². The lowest BCUT2D eigenvalue weighted by Crippen LogP contribution is -2.47. The van der Waals surface area contributed by atoms with Gasteiger partial charge in [0.15, 0.2) is 0 Å². The summed E-state index contributed by atoms with van der Waals surface area (Å²) in [4.78, 5) is 12.3. The molecular formula is C13H17ClN2O3. The zero-order valence-corrected chi connectivity index (χ0v) is 11.7. The van der Waals surface area contributed by atoms with Gasteiger partial charge in [0.2, 0.25) is 5.91 Å². The number of carbonyl (C=O) groups is 1. The van der Waals surface area contributed by atoms with Crippen LogP contribution in [0.5, 0.6) is 5.75 Å². The van der Waals surface area contributed by atoms with Crippen LogP contribution in [0.3, 0.4) is 0 Å². The number of hydrogen-bond donors (Lipinski definition) is 2. The SMILES string of the molecule is COc1cc(NC(=O)C2(C)COCC2N)ccc1Cl. The summed E-state index contributed by atoms with van der Waals surface area (Å²) in [6, 6.07) is 4.75. The van der Waals surface area contributed by atoms with Crippen LogP contribution in [0, 0.1) is 5.41 Å². The summed E-state index contributed by atoms with van der Waals surface area (Å²) in [5.74, 6) is 0.346. The summed E-state index contributed by atoms with van der Waals surface area (Å²) in [6.45, 7) is 2.52. The molecule has 19 heavy (non-hydrogen) atoms. The Kier molecular flexibility index (Phi) is 3.99. The molecule has 2 unspecified atom stereocenters. The molecular weight excluding hydrogens is 268 g/mol. The van der Waals surface area contributed by atoms with Crippen LogP contribution in [0.1, 0.15) is 6.92 Å². The number of methoxy groups -OCH3 is 1. The van der Waals surface area contributed by atoms with Crippen molar-refractivity contribution in [2.24, 2.45) is 11.1 Å². The van der Waals surface area contributed by atoms with E-state index in [-0.39, 0.29) is 11.9 Å². The quantitative estimate of drug-likeness (QED) is 0.885. The number of carbonyl (C=O) groups excluding carboxylic acids is 1. The van der Waals surface area contributed by atoms with Gasteiger partial charge >= 0.3 is 0 Å². The van der Waals surface area contributed by atoms with Gasteiger partial charge in [-0.15, -0.1) is 0 Å². The first-order valence-electron chi connectivity index (χ1n) is 5.95. The molecule has 2 atom stereocenters. The molecule has 1 amide bonds. The lowest BCUT2D eigenvalue weighted by molar-refractivity contribution is -0.125. The minimum Gasteiger partial charge on any atom is -0.495 e. The summed E-state index contributed by atoms with van der Waals surface area (Å²) in [7, 11) is 1.52. The second-order valence-electron chi connectivity index (χ2n) is 4.84. The lowest BCUT2D eigenvalue weighted by Gasteiger charge is -2.25. The molecule has 1 fully saturated rings. The van der Waals surface area contributed by atoms with Crippen molar-refractivity contribution in [1.29, 1.82) is 0 Å². The Morgan fingerprint density at radius 2 is 2.37 bits per heavy atom. The van der Waals surface area contributed by atoms with Crippen molar-refractivity contribution in [3.8, 4) is 5.75 Å². The highest BCUT2D eigenvalue weighted by molar-refractivity contribution is 6.32. The Morgan fingerprint density at radius 1 is 1.63 bits per heavy atom. The third kappa shape index (κ3) is 2.68. The summed E-state index contributed by atoms with van der Waals surface area (Å²) in [6.07, 6.45) is 0. The molecule has 0 saturated carbocycles. The van der Waals surface area contributed by atoms with Crippen molar-refractivity contribution < 1.29 is 14.3 Å². The molecule has 1 aromatic carbocycles. The number of nitrogens with one attached hydrogen (secondary N) is 1. The number of nitrogens with two attached hydrogens (primary N) is 1. The number of halogens is 1. The van der Waals surface area contributed by atoms with E-state index in [1.54, 1.807) is 25.1 Å². The van der Waals surface area contributed by atoms with Crippen LogP contribution in [-0.4, -0.2) is 32.3 Å². The van der Waals surface area contributed by atoms with Gasteiger partial charge in [0.25, 0.3) is 0 Å². The van der Waals surface area contributed by atoms with Crippen LogP contribution in [0.15, 0.2) is 18.2 Å². The van der Waals surface area contributed by atoms with Gasteiger partial charge in [-0.05, 0) is 19.1 Å². The molecule has 1 aromatic rings. The summed E-state index contributed by atoms with van der Waals surface area (Å²) < 4.78 is 10.4. The second-order valence-corrected chi connectivity index (χ2v) is 5.25. The van der Waals surface area contributed by atoms with Gasteiger partial charge in [0, 0.05) is 17.8 Å². The first kappa shape index (κ1) is 14.1. The standard InChI is InChI=1S/C13H17ClN2O3/c1-13(7-19-6-11(13)15)12(17)16-8-3-4-9(14)10(5-8)18-2/h3-5,11H,6-7,15H2,1-2H3,(H,16,17). The monoisotopic (exact) mass is 284 g/mol. The van der Waals surface area contributed by atoms with Crippen LogP contribution in [0.4, 0.5) is 5.69 Å². The molecule has 0 bridgehead atoms. The van der Waals surface area contributed by atoms with E-state index in [1.165, 1.54) is 7.11 Å². The van der Waals surface area contributed by atoms with E-state index in [4.69, 9.17) is 26.8 Å². The summed E-state index contributed by atoms with van der Waals surface area (Å²) in [5.41, 5.74) is 5.82. The fraction of sp³-hybridized carbons (Fsp3) is 0.462. The molecule has 0 aliphatic carbocycles. The van der Waals surface area contributed by atoms with Crippen LogP contribution < -0.4 is 15.8 Å². The van der Waals surface area contributed by atoms with E-state index in [9.17, 15) is 4.79 Å². The van der Waals surface area contributed by atoms with Crippen molar-refractivity contribution in [2.45, 2.75) is 13.0 Å². The number of amides is 1. The van der Waals surface area contributed by atoms with Crippen molar-refractivity contribution in [2.75, 3.05) is 25.6 Å². The van der Waals surface area contributed by atoms with E-state index in [0.717, 1.165) is 0 Å². The summed E-state index contributed by atoms with van der Waals surface area (Å²) >= 11 is 5.93. The van der Waals surface area contributed by atoms with E-state index in [1.807, 2.05) is 0 Å². The number of rotatable bonds is 3. The Bertz CT molecular complexity index is 495. The van der Waals surface area contributed by atoms with Crippen molar-refractivity contribution in [3.05, 3.63) is 23.2 Å². The molecule has 1 aliphatic rings. The van der Waals surface area contributed by atoms with Crippen LogP contribution >= 0.6 is 11.6 Å². The number of benzene rings is 1. The molecule has 0 aromatic heterocycles. The third-order valence-corrected chi connectivity index (χ3v) is 3.76. The Hall–Kier alpha value is -1.30. The molecule has 2 rings (SSSR count). The van der Waals surface area contributed by atoms with Crippen LogP contribution in [0.25, 0.3) is 0 Å². The zero-order valence-electron chi connectivity index (χ0n) is 10.9. The number of anilines is 1. The molecule has 1 saturated heterocycles. The first-order valence-corrected chi connectivity index (χ1v) is 6.33. The smallest absolute Gasteiger partial charge is 0.234 e. The number of ether oxygens (including phenoxy) is 2. The van der Waals surface area contributed by atoms with Gasteiger partial charge in [-0.2, -0.15) is 0 Å². The van der Waals surface area contributed by atoms with Gasteiger partial charge in [0.05, 0.1) is 30.8 Å². The highest BCUT2D eigenvalue weighted by atomic mass is 35.5. The van der Waals surface area contributed by atoms with Crippen LogP contribution in [-0.2, 0) is 9.53 Å². The minimum absolute atomic E-state index is 0.165. The normalized spacial score (nSPS) is 26.2. The lowest BCUT2D eigenvalue weighted by atomic mass is 9.85. The average Bonchev–Trinajstić information content (AvgIpc) is 2.73. The largest absolute Gasteiger partial charge is 0.495 e. The van der Waals surface area contributed by atoms with Crippen LogP contribution in [0.2, 0.25) is 5.02 Å². The number of hydrogen-bond acceptors (Lipinski definition) is 4. The fourth-order valence-electron chi connectivity index (χ4n) is 1.93. The van der Waals surface area contributed by atoms with Gasteiger partial charge < -0.3 is 20.5 Å². The Balaban J connectivity index is 2.15. The van der Waals surface area contributed by atoms with Gasteiger partial charge in [-0.3, -0.25) is 4.79 Å². The fourth-order valence-corrected chi connectivity index (χ4v) is 2.13. The highest BCUT2D eigenvalue weighted by Gasteiger charge is 2.44. The van der Waals surface area contributed by atoms with E-state index in [2.05, 4.69) is 5.32 Å². The maximum Gasteiger partial charge on any atom is 0.234 e. The molecule has 1 aliphatic heterocycles. The third-order valence-electron chi connectivity index (χ3n) is 3.45. The van der Waals surface area contributed by atoms with Gasteiger partial charge in [-0.25, -0.2) is 0 Å². The first-order chi connectivity index (χ1) is 8.97.